The lowest BCUT2D eigenvalue weighted by Crippen LogP contribution is -2.49. The summed E-state index contributed by atoms with van der Waals surface area (Å²) < 4.78 is 5.56. The van der Waals surface area contributed by atoms with Crippen molar-refractivity contribution in [3.8, 4) is 17.1 Å². The zero-order valence-corrected chi connectivity index (χ0v) is 14.2. The Bertz CT molecular complexity index is 721. The molecule has 0 aliphatic heterocycles. The van der Waals surface area contributed by atoms with E-state index in [-0.39, 0.29) is 5.54 Å². The van der Waals surface area contributed by atoms with Gasteiger partial charge in [0.25, 0.3) is 0 Å². The first-order chi connectivity index (χ1) is 11.7. The van der Waals surface area contributed by atoms with Gasteiger partial charge >= 0.3 is 0 Å². The number of hydrogen-bond donors (Lipinski definition) is 2. The maximum absolute atomic E-state index is 5.56. The largest absolute Gasteiger partial charge is 0.494 e. The van der Waals surface area contributed by atoms with Gasteiger partial charge in [-0.3, -0.25) is 4.99 Å². The molecule has 4 fully saturated rings. The first-order valence-corrected chi connectivity index (χ1v) is 9.19. The first-order valence-electron chi connectivity index (χ1n) is 9.19. The molecule has 2 heterocycles. The minimum Gasteiger partial charge on any atom is -0.494 e. The lowest BCUT2D eigenvalue weighted by atomic mass is 9.53. The van der Waals surface area contributed by atoms with Crippen LogP contribution in [-0.4, -0.2) is 28.8 Å². The number of hydrogen-bond acceptors (Lipinski definition) is 2. The molecule has 0 atom stereocenters. The maximum atomic E-state index is 5.56. The Balaban J connectivity index is 1.44. The van der Waals surface area contributed by atoms with Crippen LogP contribution in [0.1, 0.15) is 44.2 Å². The van der Waals surface area contributed by atoms with Crippen LogP contribution in [0, 0.1) is 17.8 Å². The molecule has 4 aliphatic carbocycles. The summed E-state index contributed by atoms with van der Waals surface area (Å²) >= 11 is 0. The van der Waals surface area contributed by atoms with Crippen molar-refractivity contribution in [1.29, 1.82) is 0 Å². The number of H-pyrrole nitrogens is 2. The van der Waals surface area contributed by atoms with Crippen molar-refractivity contribution in [2.75, 3.05) is 7.11 Å². The lowest BCUT2D eigenvalue weighted by molar-refractivity contribution is 0.00194. The average Bonchev–Trinajstić information content (AvgIpc) is 3.21. The molecule has 0 amide bonds. The average molecular weight is 323 g/mol. The van der Waals surface area contributed by atoms with Crippen molar-refractivity contribution >= 4 is 6.21 Å². The van der Waals surface area contributed by atoms with Crippen molar-refractivity contribution < 1.29 is 4.74 Å². The topological polar surface area (TPSA) is 53.2 Å². The van der Waals surface area contributed by atoms with E-state index in [9.17, 15) is 0 Å². The minimum absolute atomic E-state index is 0.206. The van der Waals surface area contributed by atoms with E-state index < -0.39 is 0 Å². The van der Waals surface area contributed by atoms with Gasteiger partial charge in [-0.25, -0.2) is 0 Å². The Hall–Kier alpha value is -1.97. The van der Waals surface area contributed by atoms with Gasteiger partial charge in [0, 0.05) is 18.5 Å². The second kappa shape index (κ2) is 5.27. The Morgan fingerprint density at radius 2 is 1.83 bits per heavy atom. The van der Waals surface area contributed by atoms with E-state index >= 15 is 0 Å². The summed E-state index contributed by atoms with van der Waals surface area (Å²) in [6.07, 6.45) is 12.2. The van der Waals surface area contributed by atoms with Crippen molar-refractivity contribution in [3.63, 3.8) is 0 Å². The summed E-state index contributed by atoms with van der Waals surface area (Å²) in [5.74, 6) is 3.64. The standard InChI is InChI=1S/C20H25N3O/c1-24-19-8-17(16-3-2-4-21-16)23-18(19)12-22-20-9-13-5-14(10-20)7-15(6-13)11-20/h2-4,8,12-15,21,23H,5-7,9-11H2,1H3. The van der Waals surface area contributed by atoms with Gasteiger partial charge in [0.1, 0.15) is 5.75 Å². The number of nitrogens with one attached hydrogen (secondary N) is 2. The van der Waals surface area contributed by atoms with Gasteiger partial charge in [-0.2, -0.15) is 0 Å². The van der Waals surface area contributed by atoms with Crippen LogP contribution in [-0.2, 0) is 0 Å². The van der Waals surface area contributed by atoms with E-state index in [1.54, 1.807) is 7.11 Å². The van der Waals surface area contributed by atoms with Gasteiger partial charge in [0.05, 0.1) is 29.7 Å². The summed E-state index contributed by atoms with van der Waals surface area (Å²) in [6.45, 7) is 0. The molecule has 4 bridgehead atoms. The number of aliphatic imine (C=N–C) groups is 1. The van der Waals surface area contributed by atoms with Crippen LogP contribution in [0.3, 0.4) is 0 Å². The molecule has 0 unspecified atom stereocenters. The van der Waals surface area contributed by atoms with Crippen LogP contribution < -0.4 is 4.74 Å². The monoisotopic (exact) mass is 323 g/mol. The smallest absolute Gasteiger partial charge is 0.146 e. The molecule has 4 aliphatic rings. The number of nitrogens with zero attached hydrogens (tertiary/aromatic N) is 1. The predicted molar refractivity (Wildman–Crippen MR) is 95.6 cm³/mol. The summed E-state index contributed by atoms with van der Waals surface area (Å²) in [5, 5.41) is 0. The zero-order chi connectivity index (χ0) is 16.1. The van der Waals surface area contributed by atoms with E-state index in [1.807, 2.05) is 24.5 Å². The second-order valence-corrected chi connectivity index (χ2v) is 8.15. The lowest BCUT2D eigenvalue weighted by Gasteiger charge is -2.54. The van der Waals surface area contributed by atoms with Crippen LogP contribution in [0.4, 0.5) is 0 Å². The third-order valence-electron chi connectivity index (χ3n) is 6.39. The number of rotatable bonds is 4. The van der Waals surface area contributed by atoms with E-state index in [1.165, 1.54) is 38.5 Å². The number of aromatic nitrogens is 2. The Morgan fingerprint density at radius 3 is 2.42 bits per heavy atom. The zero-order valence-electron chi connectivity index (χ0n) is 14.2. The van der Waals surface area contributed by atoms with Crippen LogP contribution in [0.2, 0.25) is 0 Å². The molecule has 4 nitrogen and oxygen atoms in total. The van der Waals surface area contributed by atoms with Gasteiger partial charge < -0.3 is 14.7 Å². The van der Waals surface area contributed by atoms with Crippen molar-refractivity contribution in [3.05, 3.63) is 30.1 Å². The molecule has 6 rings (SSSR count). The number of aromatic amines is 2. The second-order valence-electron chi connectivity index (χ2n) is 8.15. The van der Waals surface area contributed by atoms with E-state index in [0.29, 0.717) is 0 Å². The molecular formula is C20H25N3O. The van der Waals surface area contributed by atoms with Crippen LogP contribution in [0.5, 0.6) is 5.75 Å². The summed E-state index contributed by atoms with van der Waals surface area (Å²) in [4.78, 5) is 11.8. The molecule has 2 N–H and O–H groups in total. The van der Waals surface area contributed by atoms with E-state index in [0.717, 1.165) is 40.6 Å². The Labute approximate surface area is 142 Å². The summed E-state index contributed by atoms with van der Waals surface area (Å²) in [5.41, 5.74) is 3.31. The molecule has 4 heteroatoms. The van der Waals surface area contributed by atoms with Crippen LogP contribution in [0.15, 0.2) is 29.4 Å². The molecule has 4 saturated carbocycles. The Kier molecular flexibility index (Phi) is 3.15. The van der Waals surface area contributed by atoms with Gasteiger partial charge in [-0.1, -0.05) is 0 Å². The van der Waals surface area contributed by atoms with Crippen LogP contribution in [0.25, 0.3) is 11.4 Å². The van der Waals surface area contributed by atoms with Gasteiger partial charge in [0.2, 0.25) is 0 Å². The molecule has 2 aromatic rings. The van der Waals surface area contributed by atoms with Crippen LogP contribution >= 0.6 is 0 Å². The van der Waals surface area contributed by atoms with E-state index in [2.05, 4.69) is 16.0 Å². The highest BCUT2D eigenvalue weighted by atomic mass is 16.5. The molecule has 0 spiro atoms. The number of ether oxygens (including phenoxy) is 1. The number of methoxy groups -OCH3 is 1. The molecule has 0 saturated heterocycles. The molecule has 24 heavy (non-hydrogen) atoms. The summed E-state index contributed by atoms with van der Waals surface area (Å²) in [7, 11) is 1.73. The Morgan fingerprint density at radius 1 is 1.12 bits per heavy atom. The van der Waals surface area contributed by atoms with E-state index in [4.69, 9.17) is 9.73 Å². The molecule has 2 aromatic heterocycles. The fourth-order valence-electron chi connectivity index (χ4n) is 5.78. The van der Waals surface area contributed by atoms with Crippen molar-refractivity contribution in [2.45, 2.75) is 44.1 Å². The molecule has 126 valence electrons. The highest BCUT2D eigenvalue weighted by Gasteiger charge is 2.50. The molecule has 0 aromatic carbocycles. The fraction of sp³-hybridized carbons (Fsp3) is 0.550. The van der Waals surface area contributed by atoms with Gasteiger partial charge in [0.15, 0.2) is 0 Å². The third kappa shape index (κ3) is 2.31. The normalized spacial score (nSPS) is 34.3. The van der Waals surface area contributed by atoms with Gasteiger partial charge in [-0.05, 0) is 68.4 Å². The fourth-order valence-corrected chi connectivity index (χ4v) is 5.78. The first kappa shape index (κ1) is 14.4. The highest BCUT2D eigenvalue weighted by molar-refractivity contribution is 5.84. The predicted octanol–water partition coefficient (Wildman–Crippen LogP) is 4.41. The quantitative estimate of drug-likeness (QED) is 0.805. The minimum atomic E-state index is 0.206. The maximum Gasteiger partial charge on any atom is 0.146 e. The van der Waals surface area contributed by atoms with Gasteiger partial charge in [-0.15, -0.1) is 0 Å². The molecule has 0 radical (unpaired) electrons. The van der Waals surface area contributed by atoms with Crippen molar-refractivity contribution in [2.24, 2.45) is 22.7 Å². The highest BCUT2D eigenvalue weighted by Crippen LogP contribution is 2.57. The SMILES string of the molecule is COc1cc(-c2ccc[nH]2)[nH]c1C=NC12CC3CC(CC(C3)C1)C2. The molecular weight excluding hydrogens is 298 g/mol. The van der Waals surface area contributed by atoms with Crippen molar-refractivity contribution in [1.82, 2.24) is 9.97 Å². The third-order valence-corrected chi connectivity index (χ3v) is 6.39. The summed E-state index contributed by atoms with van der Waals surface area (Å²) in [6, 6.07) is 6.12.